The van der Waals surface area contributed by atoms with Crippen LogP contribution in [0.25, 0.3) is 10.9 Å². The monoisotopic (exact) mass is 304 g/mol. The van der Waals surface area contributed by atoms with Gasteiger partial charge in [0, 0.05) is 48.5 Å². The van der Waals surface area contributed by atoms with Crippen LogP contribution < -0.4 is 10.6 Å². The molecule has 0 saturated carbocycles. The highest BCUT2D eigenvalue weighted by molar-refractivity contribution is 6.31. The van der Waals surface area contributed by atoms with E-state index in [1.54, 1.807) is 6.20 Å². The van der Waals surface area contributed by atoms with E-state index >= 15 is 0 Å². The highest BCUT2D eigenvalue weighted by atomic mass is 35.5. The molecule has 0 spiro atoms. The minimum absolute atomic E-state index is 0.121. The first-order valence-electron chi connectivity index (χ1n) is 7.01. The Hall–Kier alpha value is -1.85. The fraction of sp³-hybridized carbons (Fsp3) is 0.333. The van der Waals surface area contributed by atoms with Crippen molar-refractivity contribution in [2.24, 2.45) is 0 Å². The smallest absolute Gasteiger partial charge is 0.241 e. The van der Waals surface area contributed by atoms with Crippen molar-refractivity contribution in [3.05, 3.63) is 35.5 Å². The molecular weight excluding hydrogens is 288 g/mol. The maximum Gasteiger partial charge on any atom is 0.241 e. The number of anilines is 1. The topological polar surface area (TPSA) is 57.3 Å². The van der Waals surface area contributed by atoms with Gasteiger partial charge >= 0.3 is 0 Å². The molecule has 1 aromatic heterocycles. The number of hydrogen-bond acceptors (Lipinski definition) is 4. The Morgan fingerprint density at radius 1 is 1.33 bits per heavy atom. The highest BCUT2D eigenvalue weighted by Gasteiger charge is 2.15. The molecule has 0 aliphatic carbocycles. The van der Waals surface area contributed by atoms with Crippen molar-refractivity contribution >= 4 is 34.1 Å². The number of piperazine rings is 1. The summed E-state index contributed by atoms with van der Waals surface area (Å²) in [6, 6.07) is 7.44. The van der Waals surface area contributed by atoms with Gasteiger partial charge in [0.1, 0.15) is 0 Å². The first-order chi connectivity index (χ1) is 10.2. The maximum absolute atomic E-state index is 12.2. The van der Waals surface area contributed by atoms with Crippen molar-refractivity contribution < 1.29 is 4.79 Å². The Kier molecular flexibility index (Phi) is 4.22. The first-order valence-corrected chi connectivity index (χ1v) is 7.38. The average Bonchev–Trinajstić information content (AvgIpc) is 2.53. The van der Waals surface area contributed by atoms with Gasteiger partial charge in [0.15, 0.2) is 0 Å². The summed E-state index contributed by atoms with van der Waals surface area (Å²) < 4.78 is 0. The van der Waals surface area contributed by atoms with Gasteiger partial charge < -0.3 is 15.5 Å². The van der Waals surface area contributed by atoms with Gasteiger partial charge in [0.05, 0.1) is 12.1 Å². The number of nitrogens with zero attached hydrogens (tertiary/aromatic N) is 2. The van der Waals surface area contributed by atoms with Crippen LogP contribution in [0.4, 0.5) is 5.69 Å². The molecule has 1 fully saturated rings. The van der Waals surface area contributed by atoms with Gasteiger partial charge in [-0.25, -0.2) is 0 Å². The van der Waals surface area contributed by atoms with Gasteiger partial charge in [-0.3, -0.25) is 9.78 Å². The minimum atomic E-state index is 0.121. The summed E-state index contributed by atoms with van der Waals surface area (Å²) in [5.41, 5.74) is 1.72. The second-order valence-electron chi connectivity index (χ2n) is 5.00. The van der Waals surface area contributed by atoms with Crippen LogP contribution in [0, 0.1) is 0 Å². The minimum Gasteiger partial charge on any atom is -0.376 e. The zero-order valence-corrected chi connectivity index (χ0v) is 12.4. The summed E-state index contributed by atoms with van der Waals surface area (Å²) in [4.78, 5) is 18.3. The van der Waals surface area contributed by atoms with Gasteiger partial charge in [-0.15, -0.1) is 0 Å². The molecule has 1 amide bonds. The number of halogens is 1. The van der Waals surface area contributed by atoms with Gasteiger partial charge in [-0.05, 0) is 24.3 Å². The highest BCUT2D eigenvalue weighted by Crippen LogP contribution is 2.24. The fourth-order valence-electron chi connectivity index (χ4n) is 2.47. The van der Waals surface area contributed by atoms with Crippen LogP contribution in [0.5, 0.6) is 0 Å². The molecule has 5 nitrogen and oxygen atoms in total. The summed E-state index contributed by atoms with van der Waals surface area (Å²) in [6.45, 7) is 3.56. The van der Waals surface area contributed by atoms with E-state index in [0.717, 1.165) is 42.8 Å². The molecule has 0 radical (unpaired) electrons. The number of carbonyl (C=O) groups excluding carboxylic acids is 1. The van der Waals surface area contributed by atoms with Crippen LogP contribution in [-0.2, 0) is 4.79 Å². The van der Waals surface area contributed by atoms with Crippen LogP contribution in [0.1, 0.15) is 0 Å². The number of nitrogens with one attached hydrogen (secondary N) is 2. The number of pyridine rings is 1. The number of hydrogen-bond donors (Lipinski definition) is 2. The summed E-state index contributed by atoms with van der Waals surface area (Å²) in [5.74, 6) is 0.121. The van der Waals surface area contributed by atoms with Crippen molar-refractivity contribution in [1.82, 2.24) is 15.2 Å². The summed E-state index contributed by atoms with van der Waals surface area (Å²) in [6.07, 6.45) is 1.72. The lowest BCUT2D eigenvalue weighted by Crippen LogP contribution is -2.48. The molecule has 6 heteroatoms. The van der Waals surface area contributed by atoms with E-state index in [1.165, 1.54) is 0 Å². The molecule has 1 aliphatic rings. The molecule has 2 N–H and O–H groups in total. The number of benzene rings is 1. The number of rotatable bonds is 3. The molecule has 2 heterocycles. The van der Waals surface area contributed by atoms with E-state index < -0.39 is 0 Å². The molecule has 0 unspecified atom stereocenters. The van der Waals surface area contributed by atoms with Crippen LogP contribution in [0.3, 0.4) is 0 Å². The largest absolute Gasteiger partial charge is 0.376 e. The molecule has 0 atom stereocenters. The summed E-state index contributed by atoms with van der Waals surface area (Å²) in [7, 11) is 0. The van der Waals surface area contributed by atoms with Crippen LogP contribution >= 0.6 is 11.6 Å². The predicted molar refractivity (Wildman–Crippen MR) is 84.7 cm³/mol. The molecule has 3 rings (SSSR count). The third-order valence-corrected chi connectivity index (χ3v) is 3.84. The fourth-order valence-corrected chi connectivity index (χ4v) is 2.64. The number of carbonyl (C=O) groups is 1. The number of aromatic nitrogens is 1. The Balaban J connectivity index is 1.71. The summed E-state index contributed by atoms with van der Waals surface area (Å²) in [5, 5.41) is 8.07. The lowest BCUT2D eigenvalue weighted by molar-refractivity contribution is -0.129. The van der Waals surface area contributed by atoms with E-state index in [1.807, 2.05) is 29.2 Å². The Labute approximate surface area is 128 Å². The average molecular weight is 305 g/mol. The Bertz CT molecular complexity index is 655. The van der Waals surface area contributed by atoms with E-state index in [9.17, 15) is 4.79 Å². The van der Waals surface area contributed by atoms with Gasteiger partial charge in [-0.2, -0.15) is 0 Å². The molecule has 21 heavy (non-hydrogen) atoms. The molecule has 1 aromatic carbocycles. The van der Waals surface area contributed by atoms with Crippen molar-refractivity contribution in [3.63, 3.8) is 0 Å². The Morgan fingerprint density at radius 3 is 2.95 bits per heavy atom. The quantitative estimate of drug-likeness (QED) is 0.907. The third kappa shape index (κ3) is 3.25. The Morgan fingerprint density at radius 2 is 2.14 bits per heavy atom. The van der Waals surface area contributed by atoms with Crippen molar-refractivity contribution in [2.75, 3.05) is 38.0 Å². The zero-order valence-electron chi connectivity index (χ0n) is 11.6. The van der Waals surface area contributed by atoms with Crippen LogP contribution in [-0.4, -0.2) is 48.5 Å². The van der Waals surface area contributed by atoms with Crippen molar-refractivity contribution in [3.8, 4) is 0 Å². The lowest BCUT2D eigenvalue weighted by atomic mass is 10.2. The van der Waals surface area contributed by atoms with Gasteiger partial charge in [0.2, 0.25) is 5.91 Å². The van der Waals surface area contributed by atoms with E-state index in [-0.39, 0.29) is 5.91 Å². The van der Waals surface area contributed by atoms with Crippen molar-refractivity contribution in [1.29, 1.82) is 0 Å². The number of amides is 1. The predicted octanol–water partition coefficient (Wildman–Crippen LogP) is 1.73. The van der Waals surface area contributed by atoms with Gasteiger partial charge in [0.25, 0.3) is 0 Å². The molecule has 1 aliphatic heterocycles. The third-order valence-electron chi connectivity index (χ3n) is 3.60. The van der Waals surface area contributed by atoms with E-state index in [2.05, 4.69) is 15.6 Å². The second kappa shape index (κ2) is 6.28. The standard InChI is InChI=1S/C15H17ClN4O/c16-11-1-2-12-13(3-4-18-14(12)9-11)19-10-15(21)20-7-5-17-6-8-20/h1-4,9,17H,5-8,10H2,(H,18,19). The zero-order chi connectivity index (χ0) is 14.7. The second-order valence-corrected chi connectivity index (χ2v) is 5.44. The lowest BCUT2D eigenvalue weighted by Gasteiger charge is -2.27. The summed E-state index contributed by atoms with van der Waals surface area (Å²) >= 11 is 5.97. The van der Waals surface area contributed by atoms with E-state index in [4.69, 9.17) is 11.6 Å². The molecule has 110 valence electrons. The molecule has 2 aromatic rings. The molecule has 1 saturated heterocycles. The van der Waals surface area contributed by atoms with E-state index in [0.29, 0.717) is 11.6 Å². The van der Waals surface area contributed by atoms with Crippen LogP contribution in [0.2, 0.25) is 5.02 Å². The van der Waals surface area contributed by atoms with Crippen LogP contribution in [0.15, 0.2) is 30.5 Å². The maximum atomic E-state index is 12.2. The SMILES string of the molecule is O=C(CNc1ccnc2cc(Cl)ccc12)N1CCNCC1. The normalized spacial score (nSPS) is 15.2. The first kappa shape index (κ1) is 14.1. The van der Waals surface area contributed by atoms with Gasteiger partial charge in [-0.1, -0.05) is 11.6 Å². The number of fused-ring (bicyclic) bond motifs is 1. The molecule has 0 bridgehead atoms. The van der Waals surface area contributed by atoms with Crippen molar-refractivity contribution in [2.45, 2.75) is 0 Å². The molecular formula is C15H17ClN4O.